The van der Waals surface area contributed by atoms with Gasteiger partial charge >= 0.3 is 0 Å². The highest BCUT2D eigenvalue weighted by Crippen LogP contribution is 2.20. The smallest absolute Gasteiger partial charge is 0.283 e. The van der Waals surface area contributed by atoms with Gasteiger partial charge in [-0.1, -0.05) is 56.1 Å². The van der Waals surface area contributed by atoms with Crippen LogP contribution in [-0.4, -0.2) is 20.4 Å². The van der Waals surface area contributed by atoms with Crippen LogP contribution in [0, 0.1) is 0 Å². The molecule has 7 heteroatoms. The first-order chi connectivity index (χ1) is 12.6. The van der Waals surface area contributed by atoms with Crippen molar-refractivity contribution in [2.24, 2.45) is 0 Å². The molecule has 136 valence electrons. The SMILES string of the molecule is CCCCCCCc1nn2c(N)c(C=C3C=CC(=O)C=C3)c(=O)nc2s1. The van der Waals surface area contributed by atoms with Gasteiger partial charge in [0.2, 0.25) is 4.96 Å². The average Bonchev–Trinajstić information content (AvgIpc) is 3.03. The average molecular weight is 370 g/mol. The molecule has 0 bridgehead atoms. The summed E-state index contributed by atoms with van der Waals surface area (Å²) in [6, 6.07) is 0. The fraction of sp³-hybridized carbons (Fsp3) is 0.368. The Labute approximate surface area is 155 Å². The maximum absolute atomic E-state index is 12.3. The summed E-state index contributed by atoms with van der Waals surface area (Å²) in [6.07, 6.45) is 14.7. The van der Waals surface area contributed by atoms with Crippen LogP contribution in [0.1, 0.15) is 49.6 Å². The molecule has 6 nitrogen and oxygen atoms in total. The predicted molar refractivity (Wildman–Crippen MR) is 105 cm³/mol. The van der Waals surface area contributed by atoms with Crippen LogP contribution < -0.4 is 11.3 Å². The van der Waals surface area contributed by atoms with Crippen LogP contribution in [0.5, 0.6) is 0 Å². The number of aromatic nitrogens is 3. The highest BCUT2D eigenvalue weighted by molar-refractivity contribution is 7.16. The monoisotopic (exact) mass is 370 g/mol. The number of carbonyl (C=O) groups excluding carboxylic acids is 1. The van der Waals surface area contributed by atoms with Gasteiger partial charge in [-0.3, -0.25) is 9.59 Å². The van der Waals surface area contributed by atoms with Gasteiger partial charge in [-0.2, -0.15) is 14.6 Å². The zero-order chi connectivity index (χ0) is 18.5. The first-order valence-corrected chi connectivity index (χ1v) is 9.70. The third-order valence-electron chi connectivity index (χ3n) is 4.22. The van der Waals surface area contributed by atoms with Gasteiger partial charge in [0.05, 0.1) is 5.56 Å². The van der Waals surface area contributed by atoms with Crippen LogP contribution in [0.15, 0.2) is 34.7 Å². The third-order valence-corrected chi connectivity index (χ3v) is 5.19. The molecule has 0 amide bonds. The van der Waals surface area contributed by atoms with Crippen molar-refractivity contribution in [2.75, 3.05) is 5.73 Å². The summed E-state index contributed by atoms with van der Waals surface area (Å²) >= 11 is 1.41. The number of unbranched alkanes of at least 4 members (excludes halogenated alkanes) is 4. The van der Waals surface area contributed by atoms with Crippen molar-refractivity contribution < 1.29 is 4.79 Å². The summed E-state index contributed by atoms with van der Waals surface area (Å²) in [7, 11) is 0. The fourth-order valence-electron chi connectivity index (χ4n) is 2.77. The Kier molecular flexibility index (Phi) is 5.78. The van der Waals surface area contributed by atoms with E-state index in [1.54, 1.807) is 22.7 Å². The molecule has 1 aliphatic carbocycles. The zero-order valence-corrected chi connectivity index (χ0v) is 15.6. The van der Waals surface area contributed by atoms with Crippen molar-refractivity contribution in [2.45, 2.75) is 45.4 Å². The fourth-order valence-corrected chi connectivity index (χ4v) is 3.70. The molecular formula is C19H22N4O2S. The number of anilines is 1. The van der Waals surface area contributed by atoms with Crippen molar-refractivity contribution in [3.63, 3.8) is 0 Å². The number of fused-ring (bicyclic) bond motifs is 1. The molecule has 0 radical (unpaired) electrons. The predicted octanol–water partition coefficient (Wildman–Crippen LogP) is 3.32. The second-order valence-electron chi connectivity index (χ2n) is 6.28. The van der Waals surface area contributed by atoms with Crippen molar-refractivity contribution in [1.82, 2.24) is 14.6 Å². The van der Waals surface area contributed by atoms with Gasteiger partial charge in [0.1, 0.15) is 10.8 Å². The molecule has 0 unspecified atom stereocenters. The largest absolute Gasteiger partial charge is 0.383 e. The number of nitrogens with two attached hydrogens (primary N) is 1. The summed E-state index contributed by atoms with van der Waals surface area (Å²) in [5.74, 6) is 0.197. The number of allylic oxidation sites excluding steroid dienone is 5. The van der Waals surface area contributed by atoms with Gasteiger partial charge in [-0.15, -0.1) is 0 Å². The van der Waals surface area contributed by atoms with Crippen LogP contribution in [-0.2, 0) is 11.2 Å². The number of hydrogen-bond donors (Lipinski definition) is 1. The lowest BCUT2D eigenvalue weighted by atomic mass is 10.1. The van der Waals surface area contributed by atoms with Crippen LogP contribution in [0.25, 0.3) is 11.0 Å². The molecule has 2 aromatic rings. The third kappa shape index (κ3) is 4.16. The topological polar surface area (TPSA) is 90.4 Å². The lowest BCUT2D eigenvalue weighted by Gasteiger charge is -2.03. The van der Waals surface area contributed by atoms with E-state index in [0.717, 1.165) is 23.4 Å². The normalized spacial score (nSPS) is 13.7. The second-order valence-corrected chi connectivity index (χ2v) is 7.32. The number of nitrogens with zero attached hydrogens (tertiary/aromatic N) is 3. The molecule has 0 saturated carbocycles. The Morgan fingerprint density at radius 3 is 2.58 bits per heavy atom. The summed E-state index contributed by atoms with van der Waals surface area (Å²) < 4.78 is 1.54. The van der Waals surface area contributed by atoms with E-state index in [9.17, 15) is 9.59 Å². The zero-order valence-electron chi connectivity index (χ0n) is 14.8. The Balaban J connectivity index is 1.84. The Morgan fingerprint density at radius 1 is 1.12 bits per heavy atom. The molecule has 2 aromatic heterocycles. The van der Waals surface area contributed by atoms with Gasteiger partial charge < -0.3 is 5.73 Å². The molecule has 1 aliphatic rings. The maximum atomic E-state index is 12.3. The van der Waals surface area contributed by atoms with E-state index in [0.29, 0.717) is 10.5 Å². The van der Waals surface area contributed by atoms with E-state index in [2.05, 4.69) is 17.0 Å². The number of carbonyl (C=O) groups is 1. The summed E-state index contributed by atoms with van der Waals surface area (Å²) in [4.78, 5) is 28.2. The van der Waals surface area contributed by atoms with Gasteiger partial charge in [0.15, 0.2) is 5.78 Å². The minimum atomic E-state index is -0.383. The lowest BCUT2D eigenvalue weighted by molar-refractivity contribution is -0.110. The Bertz CT molecular complexity index is 948. The number of nitrogen functional groups attached to an aromatic ring is 1. The minimum Gasteiger partial charge on any atom is -0.383 e. The van der Waals surface area contributed by atoms with Crippen LogP contribution >= 0.6 is 11.3 Å². The number of aryl methyl sites for hydroxylation is 1. The van der Waals surface area contributed by atoms with E-state index in [-0.39, 0.29) is 17.2 Å². The number of rotatable bonds is 7. The van der Waals surface area contributed by atoms with Crippen LogP contribution in [0.2, 0.25) is 0 Å². The second kappa shape index (κ2) is 8.23. The van der Waals surface area contributed by atoms with Crippen molar-refractivity contribution in [3.8, 4) is 0 Å². The molecule has 0 saturated heterocycles. The first-order valence-electron chi connectivity index (χ1n) is 8.88. The van der Waals surface area contributed by atoms with E-state index < -0.39 is 0 Å². The van der Waals surface area contributed by atoms with Gasteiger partial charge in [-0.25, -0.2) is 0 Å². The maximum Gasteiger partial charge on any atom is 0.283 e. The summed E-state index contributed by atoms with van der Waals surface area (Å²) in [5.41, 5.74) is 6.81. The molecule has 0 aromatic carbocycles. The van der Waals surface area contributed by atoms with Crippen molar-refractivity contribution >= 4 is 34.0 Å². The lowest BCUT2D eigenvalue weighted by Crippen LogP contribution is -2.16. The molecule has 2 N–H and O–H groups in total. The molecule has 0 atom stereocenters. The molecule has 2 heterocycles. The standard InChI is InChI=1S/C19H22N4O2S/c1-2-3-4-5-6-7-16-22-23-17(20)15(18(25)21-19(23)26-16)12-13-8-10-14(24)11-9-13/h8-12H,2-7,20H2,1H3. The molecule has 3 rings (SSSR count). The minimum absolute atomic E-state index is 0.0801. The molecule has 0 spiro atoms. The van der Waals surface area contributed by atoms with E-state index >= 15 is 0 Å². The molecule has 0 aliphatic heterocycles. The van der Waals surface area contributed by atoms with Crippen molar-refractivity contribution in [1.29, 1.82) is 0 Å². The number of hydrogen-bond acceptors (Lipinski definition) is 6. The van der Waals surface area contributed by atoms with Gasteiger partial charge in [-0.05, 0) is 30.2 Å². The highest BCUT2D eigenvalue weighted by atomic mass is 32.1. The Morgan fingerprint density at radius 2 is 1.85 bits per heavy atom. The Hall–Kier alpha value is -2.54. The van der Waals surface area contributed by atoms with Gasteiger partial charge in [0.25, 0.3) is 5.56 Å². The van der Waals surface area contributed by atoms with E-state index in [4.69, 9.17) is 5.73 Å². The molecular weight excluding hydrogens is 348 g/mol. The van der Waals surface area contributed by atoms with Crippen molar-refractivity contribution in [3.05, 3.63) is 50.8 Å². The highest BCUT2D eigenvalue weighted by Gasteiger charge is 2.14. The molecule has 0 fully saturated rings. The van der Waals surface area contributed by atoms with E-state index in [1.807, 2.05) is 0 Å². The van der Waals surface area contributed by atoms with Crippen LogP contribution in [0.3, 0.4) is 0 Å². The first kappa shape index (κ1) is 18.3. The summed E-state index contributed by atoms with van der Waals surface area (Å²) in [5, 5.41) is 5.46. The van der Waals surface area contributed by atoms with Crippen LogP contribution in [0.4, 0.5) is 5.82 Å². The number of ketones is 1. The van der Waals surface area contributed by atoms with E-state index in [1.165, 1.54) is 49.2 Å². The summed E-state index contributed by atoms with van der Waals surface area (Å²) in [6.45, 7) is 2.20. The quantitative estimate of drug-likeness (QED) is 0.755. The molecule has 26 heavy (non-hydrogen) atoms. The van der Waals surface area contributed by atoms with Gasteiger partial charge in [0, 0.05) is 6.42 Å².